The average Bonchev–Trinajstić information content (AvgIpc) is 3.16. The monoisotopic (exact) mass is 392 g/mol. The van der Waals surface area contributed by atoms with Gasteiger partial charge in [-0.25, -0.2) is 4.98 Å². The van der Waals surface area contributed by atoms with E-state index >= 15 is 0 Å². The fraction of sp³-hybridized carbons (Fsp3) is 0.318. The Morgan fingerprint density at radius 3 is 2.59 bits per heavy atom. The van der Waals surface area contributed by atoms with Crippen molar-refractivity contribution in [3.05, 3.63) is 75.7 Å². The van der Waals surface area contributed by atoms with Gasteiger partial charge in [0.1, 0.15) is 12.0 Å². The molecule has 0 spiro atoms. The predicted molar refractivity (Wildman–Crippen MR) is 112 cm³/mol. The Balaban J connectivity index is 1.40. The number of piperazine rings is 1. The minimum absolute atomic E-state index is 0.163. The Labute approximate surface area is 169 Å². The van der Waals surface area contributed by atoms with Crippen LogP contribution in [0.3, 0.4) is 0 Å². The number of rotatable bonds is 5. The molecule has 1 aromatic heterocycles. The van der Waals surface area contributed by atoms with Crippen molar-refractivity contribution in [3.63, 3.8) is 0 Å². The van der Waals surface area contributed by atoms with Gasteiger partial charge in [-0.3, -0.25) is 15.0 Å². The first-order valence-electron chi connectivity index (χ1n) is 9.74. The molecule has 2 aromatic carbocycles. The van der Waals surface area contributed by atoms with Gasteiger partial charge in [0.05, 0.1) is 10.6 Å². The quantitative estimate of drug-likeness (QED) is 0.479. The van der Waals surface area contributed by atoms with Gasteiger partial charge >= 0.3 is 0 Å². The van der Waals surface area contributed by atoms with Gasteiger partial charge in [-0.1, -0.05) is 29.8 Å². The molecule has 1 aliphatic rings. The van der Waals surface area contributed by atoms with E-state index in [1.165, 1.54) is 5.56 Å². The molecule has 0 radical (unpaired) electrons. The predicted octanol–water partition coefficient (Wildman–Crippen LogP) is 4.19. The maximum Gasteiger partial charge on any atom is 0.292 e. The van der Waals surface area contributed by atoms with Gasteiger partial charge in [0.2, 0.25) is 5.89 Å². The highest BCUT2D eigenvalue weighted by atomic mass is 16.6. The van der Waals surface area contributed by atoms with Crippen LogP contribution in [-0.4, -0.2) is 41.0 Å². The van der Waals surface area contributed by atoms with E-state index in [1.54, 1.807) is 18.4 Å². The summed E-state index contributed by atoms with van der Waals surface area (Å²) < 4.78 is 5.72. The van der Waals surface area contributed by atoms with Crippen molar-refractivity contribution < 1.29 is 9.34 Å². The van der Waals surface area contributed by atoms with Gasteiger partial charge in [-0.05, 0) is 31.5 Å². The van der Waals surface area contributed by atoms with Crippen molar-refractivity contribution in [2.45, 2.75) is 20.4 Å². The number of oxazole rings is 1. The molecule has 4 rings (SSSR count). The highest BCUT2D eigenvalue weighted by molar-refractivity contribution is 5.63. The van der Waals surface area contributed by atoms with Gasteiger partial charge in [0, 0.05) is 44.4 Å². The number of hydrogen-bond donors (Lipinski definition) is 0. The number of para-hydroxylation sites is 2. The summed E-state index contributed by atoms with van der Waals surface area (Å²) in [5.74, 6) is 0.649. The van der Waals surface area contributed by atoms with Crippen molar-refractivity contribution in [1.29, 1.82) is 0 Å². The number of nitro groups is 1. The van der Waals surface area contributed by atoms with Gasteiger partial charge in [-0.2, -0.15) is 0 Å². The zero-order valence-corrected chi connectivity index (χ0v) is 16.7. The van der Waals surface area contributed by atoms with Crippen LogP contribution in [0.1, 0.15) is 16.8 Å². The van der Waals surface area contributed by atoms with Gasteiger partial charge in [0.25, 0.3) is 5.69 Å². The lowest BCUT2D eigenvalue weighted by molar-refractivity contribution is -0.384. The van der Waals surface area contributed by atoms with Crippen molar-refractivity contribution in [2.24, 2.45) is 0 Å². The van der Waals surface area contributed by atoms with Crippen LogP contribution < -0.4 is 4.90 Å². The Morgan fingerprint density at radius 1 is 1.10 bits per heavy atom. The van der Waals surface area contributed by atoms with Crippen LogP contribution in [0.25, 0.3) is 11.5 Å². The van der Waals surface area contributed by atoms with E-state index in [0.29, 0.717) is 18.1 Å². The van der Waals surface area contributed by atoms with Crippen molar-refractivity contribution in [3.8, 4) is 11.5 Å². The van der Waals surface area contributed by atoms with E-state index in [1.807, 2.05) is 18.2 Å². The zero-order chi connectivity index (χ0) is 20.4. The summed E-state index contributed by atoms with van der Waals surface area (Å²) in [5, 5.41) is 11.3. The second-order valence-electron chi connectivity index (χ2n) is 7.47. The standard InChI is InChI=1S/C22H24N4O3/c1-16-7-8-19(17(2)13-16)22-23-18(15-29-22)14-24-9-11-25(12-10-24)20-5-3-4-6-21(20)26(27)28/h3-8,13,15H,9-12,14H2,1-2H3. The van der Waals surface area contributed by atoms with Crippen molar-refractivity contribution in [1.82, 2.24) is 9.88 Å². The van der Waals surface area contributed by atoms with E-state index in [4.69, 9.17) is 4.42 Å². The molecule has 1 saturated heterocycles. The number of benzene rings is 2. The largest absolute Gasteiger partial charge is 0.444 e. The smallest absolute Gasteiger partial charge is 0.292 e. The first-order valence-corrected chi connectivity index (χ1v) is 9.74. The maximum atomic E-state index is 11.3. The van der Waals surface area contributed by atoms with Crippen molar-refractivity contribution in [2.75, 3.05) is 31.1 Å². The lowest BCUT2D eigenvalue weighted by Gasteiger charge is -2.35. The molecule has 0 amide bonds. The molecular formula is C22H24N4O3. The van der Waals surface area contributed by atoms with Gasteiger partial charge in [-0.15, -0.1) is 0 Å². The third kappa shape index (κ3) is 4.14. The van der Waals surface area contributed by atoms with Crippen LogP contribution >= 0.6 is 0 Å². The molecule has 1 aliphatic heterocycles. The molecule has 3 aromatic rings. The summed E-state index contributed by atoms with van der Waals surface area (Å²) in [5.41, 5.74) is 5.14. The first-order chi connectivity index (χ1) is 14.0. The summed E-state index contributed by atoms with van der Waals surface area (Å²) in [4.78, 5) is 20.0. The Kier molecular flexibility index (Phi) is 5.31. The molecule has 29 heavy (non-hydrogen) atoms. The lowest BCUT2D eigenvalue weighted by Crippen LogP contribution is -2.46. The van der Waals surface area contributed by atoms with E-state index in [0.717, 1.165) is 43.0 Å². The Bertz CT molecular complexity index is 1020. The number of anilines is 1. The number of nitrogens with zero attached hydrogens (tertiary/aromatic N) is 4. The van der Waals surface area contributed by atoms with E-state index in [9.17, 15) is 10.1 Å². The molecule has 0 atom stereocenters. The number of nitro benzene ring substituents is 1. The summed E-state index contributed by atoms with van der Waals surface area (Å²) >= 11 is 0. The van der Waals surface area contributed by atoms with Crippen LogP contribution in [0.15, 0.2) is 53.1 Å². The van der Waals surface area contributed by atoms with E-state index in [-0.39, 0.29) is 10.6 Å². The van der Waals surface area contributed by atoms with E-state index in [2.05, 4.69) is 40.8 Å². The fourth-order valence-corrected chi connectivity index (χ4v) is 3.82. The van der Waals surface area contributed by atoms with Crippen molar-refractivity contribution >= 4 is 11.4 Å². The maximum absolute atomic E-state index is 11.3. The van der Waals surface area contributed by atoms with Crippen LogP contribution in [0, 0.1) is 24.0 Å². The van der Waals surface area contributed by atoms with Crippen LogP contribution in [0.5, 0.6) is 0 Å². The molecule has 1 fully saturated rings. The second-order valence-corrected chi connectivity index (χ2v) is 7.47. The lowest BCUT2D eigenvalue weighted by atomic mass is 10.1. The molecule has 0 N–H and O–H groups in total. The second kappa shape index (κ2) is 8.05. The molecule has 0 bridgehead atoms. The third-order valence-electron chi connectivity index (χ3n) is 5.34. The number of aromatic nitrogens is 1. The molecule has 0 aliphatic carbocycles. The third-order valence-corrected chi connectivity index (χ3v) is 5.34. The molecular weight excluding hydrogens is 368 g/mol. The topological polar surface area (TPSA) is 75.7 Å². The van der Waals surface area contributed by atoms with Gasteiger partial charge < -0.3 is 9.32 Å². The summed E-state index contributed by atoms with van der Waals surface area (Å²) in [7, 11) is 0. The molecule has 150 valence electrons. The minimum atomic E-state index is -0.314. The fourth-order valence-electron chi connectivity index (χ4n) is 3.82. The Morgan fingerprint density at radius 2 is 1.86 bits per heavy atom. The summed E-state index contributed by atoms with van der Waals surface area (Å²) in [6, 6.07) is 13.2. The SMILES string of the molecule is Cc1ccc(-c2nc(CN3CCN(c4ccccc4[N+](=O)[O-])CC3)co2)c(C)c1. The van der Waals surface area contributed by atoms with Gasteiger partial charge in [0.15, 0.2) is 0 Å². The number of aryl methyl sites for hydroxylation is 2. The molecule has 0 unspecified atom stereocenters. The zero-order valence-electron chi connectivity index (χ0n) is 16.7. The highest BCUT2D eigenvalue weighted by Crippen LogP contribution is 2.29. The van der Waals surface area contributed by atoms with Crippen LogP contribution in [-0.2, 0) is 6.54 Å². The molecule has 2 heterocycles. The van der Waals surface area contributed by atoms with E-state index < -0.39 is 0 Å². The summed E-state index contributed by atoms with van der Waals surface area (Å²) in [6.07, 6.45) is 1.73. The molecule has 0 saturated carbocycles. The summed E-state index contributed by atoms with van der Waals surface area (Å²) in [6.45, 7) is 7.96. The first kappa shape index (κ1) is 19.1. The average molecular weight is 392 g/mol. The normalized spacial score (nSPS) is 14.9. The minimum Gasteiger partial charge on any atom is -0.444 e. The number of hydrogen-bond acceptors (Lipinski definition) is 6. The molecule has 7 nitrogen and oxygen atoms in total. The Hall–Kier alpha value is -3.19. The van der Waals surface area contributed by atoms with Crippen LogP contribution in [0.2, 0.25) is 0 Å². The molecule has 7 heteroatoms. The highest BCUT2D eigenvalue weighted by Gasteiger charge is 2.23. The van der Waals surface area contributed by atoms with Crippen LogP contribution in [0.4, 0.5) is 11.4 Å².